The van der Waals surface area contributed by atoms with Crippen LogP contribution in [0.5, 0.6) is 5.75 Å². The van der Waals surface area contributed by atoms with Crippen molar-refractivity contribution in [1.29, 1.82) is 0 Å². The summed E-state index contributed by atoms with van der Waals surface area (Å²) in [5, 5.41) is 5.10. The van der Waals surface area contributed by atoms with Crippen molar-refractivity contribution in [1.82, 2.24) is 0 Å². The standard InChI is InChI=1S/C11H15NO3S/c1-8-6-9(7-16(12,13)14)10-4-2-3-5-11(10)15-8/h2-5,8-9H,6-7H2,1H3,(H2,12,13,14)/t8-,9+/m0/s1. The van der Waals surface area contributed by atoms with E-state index in [1.807, 2.05) is 31.2 Å². The first-order valence-electron chi connectivity index (χ1n) is 5.22. The van der Waals surface area contributed by atoms with Gasteiger partial charge in [0.1, 0.15) is 5.75 Å². The highest BCUT2D eigenvalue weighted by atomic mass is 32.2. The monoisotopic (exact) mass is 241 g/mol. The molecule has 1 aromatic rings. The number of sulfonamides is 1. The Balaban J connectivity index is 2.34. The van der Waals surface area contributed by atoms with Crippen LogP contribution < -0.4 is 9.88 Å². The number of rotatable bonds is 2. The van der Waals surface area contributed by atoms with Crippen molar-refractivity contribution in [2.24, 2.45) is 5.14 Å². The lowest BCUT2D eigenvalue weighted by Crippen LogP contribution is -2.29. The highest BCUT2D eigenvalue weighted by Gasteiger charge is 2.28. The summed E-state index contributed by atoms with van der Waals surface area (Å²) < 4.78 is 27.9. The summed E-state index contributed by atoms with van der Waals surface area (Å²) in [6.07, 6.45) is 0.717. The second kappa shape index (κ2) is 4.07. The summed E-state index contributed by atoms with van der Waals surface area (Å²) in [5.41, 5.74) is 0.939. The lowest BCUT2D eigenvalue weighted by molar-refractivity contribution is 0.180. The number of fused-ring (bicyclic) bond motifs is 1. The molecule has 1 aromatic carbocycles. The van der Waals surface area contributed by atoms with Crippen LogP contribution in [0.1, 0.15) is 24.8 Å². The molecule has 0 fully saturated rings. The van der Waals surface area contributed by atoms with E-state index in [2.05, 4.69) is 0 Å². The minimum atomic E-state index is -3.45. The third kappa shape index (κ3) is 2.54. The summed E-state index contributed by atoms with van der Waals surface area (Å²) in [5.74, 6) is 0.697. The number of hydrogen-bond donors (Lipinski definition) is 1. The van der Waals surface area contributed by atoms with Crippen molar-refractivity contribution >= 4 is 10.0 Å². The van der Waals surface area contributed by atoms with Gasteiger partial charge in [0.2, 0.25) is 10.0 Å². The molecule has 2 N–H and O–H groups in total. The van der Waals surface area contributed by atoms with Gasteiger partial charge in [-0.05, 0) is 25.0 Å². The highest BCUT2D eigenvalue weighted by Crippen LogP contribution is 2.36. The van der Waals surface area contributed by atoms with Gasteiger partial charge in [-0.1, -0.05) is 18.2 Å². The molecule has 1 aliphatic rings. The van der Waals surface area contributed by atoms with E-state index in [1.165, 1.54) is 0 Å². The maximum atomic E-state index is 11.2. The van der Waals surface area contributed by atoms with Crippen LogP contribution in [0.3, 0.4) is 0 Å². The zero-order chi connectivity index (χ0) is 11.8. The van der Waals surface area contributed by atoms with E-state index in [4.69, 9.17) is 9.88 Å². The fourth-order valence-corrected chi connectivity index (χ4v) is 3.03. The van der Waals surface area contributed by atoms with Gasteiger partial charge in [-0.25, -0.2) is 13.6 Å². The van der Waals surface area contributed by atoms with Gasteiger partial charge >= 0.3 is 0 Å². The number of primary sulfonamides is 1. The second-order valence-electron chi connectivity index (χ2n) is 4.23. The predicted octanol–water partition coefficient (Wildman–Crippen LogP) is 1.23. The van der Waals surface area contributed by atoms with Crippen molar-refractivity contribution in [2.75, 3.05) is 5.75 Å². The van der Waals surface area contributed by atoms with Gasteiger partial charge in [0.25, 0.3) is 0 Å². The van der Waals surface area contributed by atoms with Crippen molar-refractivity contribution < 1.29 is 13.2 Å². The Morgan fingerprint density at radius 2 is 2.12 bits per heavy atom. The number of hydrogen-bond acceptors (Lipinski definition) is 3. The molecule has 2 atom stereocenters. The largest absolute Gasteiger partial charge is 0.490 e. The van der Waals surface area contributed by atoms with Crippen LogP contribution in [-0.4, -0.2) is 20.3 Å². The molecule has 0 spiro atoms. The van der Waals surface area contributed by atoms with Gasteiger partial charge in [0.05, 0.1) is 11.9 Å². The maximum absolute atomic E-state index is 11.2. The maximum Gasteiger partial charge on any atom is 0.209 e. The van der Waals surface area contributed by atoms with Crippen LogP contribution in [-0.2, 0) is 10.0 Å². The summed E-state index contributed by atoms with van der Waals surface area (Å²) in [4.78, 5) is 0. The number of para-hydroxylation sites is 1. The van der Waals surface area contributed by atoms with E-state index < -0.39 is 10.0 Å². The number of benzene rings is 1. The predicted molar refractivity (Wildman–Crippen MR) is 61.9 cm³/mol. The van der Waals surface area contributed by atoms with Gasteiger partial charge in [-0.15, -0.1) is 0 Å². The summed E-state index contributed by atoms with van der Waals surface area (Å²) in [6, 6.07) is 7.53. The van der Waals surface area contributed by atoms with Gasteiger partial charge in [-0.2, -0.15) is 0 Å². The van der Waals surface area contributed by atoms with Crippen LogP contribution in [0.15, 0.2) is 24.3 Å². The molecule has 4 nitrogen and oxygen atoms in total. The van der Waals surface area contributed by atoms with Crippen molar-refractivity contribution in [2.45, 2.75) is 25.4 Å². The van der Waals surface area contributed by atoms with E-state index in [0.717, 1.165) is 11.3 Å². The first-order valence-corrected chi connectivity index (χ1v) is 6.93. The molecule has 16 heavy (non-hydrogen) atoms. The number of nitrogens with two attached hydrogens (primary N) is 1. The zero-order valence-electron chi connectivity index (χ0n) is 9.09. The summed E-state index contributed by atoms with van der Waals surface area (Å²) >= 11 is 0. The Kier molecular flexibility index (Phi) is 2.90. The Morgan fingerprint density at radius 3 is 2.81 bits per heavy atom. The Hall–Kier alpha value is -1.07. The average molecular weight is 241 g/mol. The molecule has 0 aromatic heterocycles. The van der Waals surface area contributed by atoms with E-state index in [-0.39, 0.29) is 17.8 Å². The molecule has 1 aliphatic heterocycles. The zero-order valence-corrected chi connectivity index (χ0v) is 9.91. The first-order chi connectivity index (χ1) is 7.46. The molecule has 5 heteroatoms. The van der Waals surface area contributed by atoms with Crippen molar-refractivity contribution in [3.05, 3.63) is 29.8 Å². The van der Waals surface area contributed by atoms with Gasteiger partial charge < -0.3 is 4.74 Å². The Labute approximate surface area is 95.5 Å². The molecular weight excluding hydrogens is 226 g/mol. The fourth-order valence-electron chi connectivity index (χ4n) is 2.16. The molecular formula is C11H15NO3S. The van der Waals surface area contributed by atoms with E-state index >= 15 is 0 Å². The van der Waals surface area contributed by atoms with Crippen LogP contribution in [0.25, 0.3) is 0 Å². The average Bonchev–Trinajstić information content (AvgIpc) is 2.14. The molecule has 0 saturated heterocycles. The third-order valence-corrected chi connectivity index (χ3v) is 3.60. The lowest BCUT2D eigenvalue weighted by Gasteiger charge is -2.29. The third-order valence-electron chi connectivity index (χ3n) is 2.74. The molecule has 1 heterocycles. The Morgan fingerprint density at radius 1 is 1.44 bits per heavy atom. The topological polar surface area (TPSA) is 69.4 Å². The van der Waals surface area contributed by atoms with Gasteiger partial charge in [-0.3, -0.25) is 0 Å². The fraction of sp³-hybridized carbons (Fsp3) is 0.455. The minimum Gasteiger partial charge on any atom is -0.490 e. The molecule has 0 radical (unpaired) electrons. The molecule has 0 bridgehead atoms. The quantitative estimate of drug-likeness (QED) is 0.846. The van der Waals surface area contributed by atoms with Crippen LogP contribution in [0.4, 0.5) is 0 Å². The molecule has 0 saturated carbocycles. The summed E-state index contributed by atoms with van der Waals surface area (Å²) in [7, 11) is -3.45. The molecule has 88 valence electrons. The highest BCUT2D eigenvalue weighted by molar-refractivity contribution is 7.89. The minimum absolute atomic E-state index is 0.0162. The smallest absolute Gasteiger partial charge is 0.209 e. The Bertz CT molecular complexity index is 484. The first kappa shape index (κ1) is 11.4. The molecule has 0 amide bonds. The van der Waals surface area contributed by atoms with E-state index in [1.54, 1.807) is 0 Å². The van der Waals surface area contributed by atoms with E-state index in [9.17, 15) is 8.42 Å². The SMILES string of the molecule is C[C@H]1C[C@H](CS(N)(=O)=O)c2ccccc2O1. The lowest BCUT2D eigenvalue weighted by atomic mass is 9.92. The van der Waals surface area contributed by atoms with E-state index in [0.29, 0.717) is 6.42 Å². The normalized spacial score (nSPS) is 24.6. The van der Waals surface area contributed by atoms with Crippen LogP contribution >= 0.6 is 0 Å². The van der Waals surface area contributed by atoms with Crippen molar-refractivity contribution in [3.63, 3.8) is 0 Å². The molecule has 2 rings (SSSR count). The molecule has 0 aliphatic carbocycles. The van der Waals surface area contributed by atoms with Crippen LogP contribution in [0, 0.1) is 0 Å². The van der Waals surface area contributed by atoms with Crippen molar-refractivity contribution in [3.8, 4) is 5.75 Å². The molecule has 0 unspecified atom stereocenters. The van der Waals surface area contributed by atoms with Crippen LogP contribution in [0.2, 0.25) is 0 Å². The summed E-state index contributed by atoms with van der Waals surface area (Å²) in [6.45, 7) is 1.94. The number of ether oxygens (including phenoxy) is 1. The second-order valence-corrected chi connectivity index (χ2v) is 5.89. The van der Waals surface area contributed by atoms with Gasteiger partial charge in [0, 0.05) is 5.92 Å². The van der Waals surface area contributed by atoms with Gasteiger partial charge in [0.15, 0.2) is 0 Å².